The summed E-state index contributed by atoms with van der Waals surface area (Å²) in [5.74, 6) is -1.11. The first kappa shape index (κ1) is 27.8. The molecule has 0 bridgehead atoms. The number of aliphatic hydroxyl groups is 1. The predicted molar refractivity (Wildman–Crippen MR) is 144 cm³/mol. The van der Waals surface area contributed by atoms with Gasteiger partial charge in [-0.3, -0.25) is 14.8 Å². The average molecular weight is 559 g/mol. The third-order valence-corrected chi connectivity index (χ3v) is 10.7. The van der Waals surface area contributed by atoms with Crippen molar-refractivity contribution in [3.05, 3.63) is 77.2 Å². The number of nitrogens with one attached hydrogen (secondary N) is 1. The summed E-state index contributed by atoms with van der Waals surface area (Å²) in [5.41, 5.74) is 2.83. The number of carbonyl (C=O) groups excluding carboxylic acids is 2. The molecule has 3 N–H and O–H groups in total. The van der Waals surface area contributed by atoms with Gasteiger partial charge in [-0.1, -0.05) is 30.3 Å². The van der Waals surface area contributed by atoms with Crippen molar-refractivity contribution in [1.82, 2.24) is 10.4 Å². The Kier molecular flexibility index (Phi) is 8.51. The molecule has 2 heterocycles. The molecule has 1 unspecified atom stereocenters. The van der Waals surface area contributed by atoms with Crippen LogP contribution in [0.2, 0.25) is 0 Å². The van der Waals surface area contributed by atoms with Crippen molar-refractivity contribution in [3.63, 3.8) is 0 Å². The van der Waals surface area contributed by atoms with Crippen LogP contribution in [0.1, 0.15) is 36.3 Å². The molecule has 202 valence electrons. The zero-order valence-corrected chi connectivity index (χ0v) is 22.5. The molecule has 1 aromatic heterocycles. The van der Waals surface area contributed by atoms with Crippen molar-refractivity contribution in [3.8, 4) is 16.2 Å². The Morgan fingerprint density at radius 1 is 1.08 bits per heavy atom. The van der Waals surface area contributed by atoms with Crippen LogP contribution in [0.5, 0.6) is 5.75 Å². The number of ether oxygens (including phenoxy) is 1. The van der Waals surface area contributed by atoms with Crippen LogP contribution in [0.4, 0.5) is 0 Å². The van der Waals surface area contributed by atoms with Crippen LogP contribution in [-0.4, -0.2) is 60.9 Å². The van der Waals surface area contributed by atoms with Crippen molar-refractivity contribution < 1.29 is 33.1 Å². The molecular formula is C27H30N2O7S2. The van der Waals surface area contributed by atoms with Crippen LogP contribution in [0.3, 0.4) is 0 Å². The molecule has 0 spiro atoms. The number of hydrogen-bond acceptors (Lipinski definition) is 8. The molecule has 9 nitrogen and oxygen atoms in total. The lowest BCUT2D eigenvalue weighted by molar-refractivity contribution is -0.140. The van der Waals surface area contributed by atoms with E-state index >= 15 is 0 Å². The minimum absolute atomic E-state index is 0.0109. The largest absolute Gasteiger partial charge is 0.494 e. The third-order valence-electron chi connectivity index (χ3n) is 6.75. The van der Waals surface area contributed by atoms with Gasteiger partial charge >= 0.3 is 0 Å². The first-order valence-electron chi connectivity index (χ1n) is 12.2. The van der Waals surface area contributed by atoms with Gasteiger partial charge in [0.25, 0.3) is 5.91 Å². The minimum Gasteiger partial charge on any atom is -0.494 e. The number of thiophene rings is 1. The van der Waals surface area contributed by atoms with Crippen LogP contribution in [0.25, 0.3) is 10.4 Å². The quantitative estimate of drug-likeness (QED) is 0.285. The van der Waals surface area contributed by atoms with Crippen molar-refractivity contribution in [2.75, 3.05) is 25.4 Å². The van der Waals surface area contributed by atoms with E-state index in [0.29, 0.717) is 17.0 Å². The molecule has 1 fully saturated rings. The summed E-state index contributed by atoms with van der Waals surface area (Å²) in [6.07, 6.45) is -2.00. The zero-order chi connectivity index (χ0) is 27.3. The zero-order valence-electron chi connectivity index (χ0n) is 20.9. The first-order chi connectivity index (χ1) is 18.2. The Balaban J connectivity index is 1.66. The SMILES string of the molecule is CCOc1ccc(-c2ccc(C3(CC(=O)NO)CCN(C(=O)[C@@H](O)c4ccccc4)CCS3(=O)=O)s2)cc1. The molecule has 38 heavy (non-hydrogen) atoms. The molecule has 0 radical (unpaired) electrons. The fourth-order valence-corrected chi connectivity index (χ4v) is 8.27. The topological polar surface area (TPSA) is 133 Å². The summed E-state index contributed by atoms with van der Waals surface area (Å²) in [6, 6.07) is 19.3. The maximum absolute atomic E-state index is 13.8. The third kappa shape index (κ3) is 5.60. The van der Waals surface area contributed by atoms with E-state index in [0.717, 1.165) is 16.2 Å². The second-order valence-corrected chi connectivity index (χ2v) is 12.5. The van der Waals surface area contributed by atoms with Crippen molar-refractivity contribution >= 4 is 33.0 Å². The molecule has 4 rings (SSSR count). The van der Waals surface area contributed by atoms with Gasteiger partial charge < -0.3 is 14.7 Å². The standard InChI is InChI=1S/C27H30N2O7S2/c1-2-36-21-10-8-19(9-11-21)22-12-13-23(37-22)27(18-24(30)28-33)14-15-29(16-17-38(27,34)35)26(32)25(31)20-6-4-3-5-7-20/h3-13,25,31,33H,2,14-18H2,1H3,(H,28,30)/t25-,27?/m0/s1. The first-order valence-corrected chi connectivity index (χ1v) is 14.7. The number of carbonyl (C=O) groups is 2. The van der Waals surface area contributed by atoms with E-state index in [9.17, 15) is 28.3 Å². The summed E-state index contributed by atoms with van der Waals surface area (Å²) in [6.45, 7) is 2.32. The highest BCUT2D eigenvalue weighted by atomic mass is 32.2. The maximum atomic E-state index is 13.8. The number of amides is 2. The monoisotopic (exact) mass is 558 g/mol. The Morgan fingerprint density at radius 3 is 2.45 bits per heavy atom. The Labute approximate surface area is 225 Å². The van der Waals surface area contributed by atoms with Gasteiger partial charge in [0.1, 0.15) is 10.5 Å². The van der Waals surface area contributed by atoms with Gasteiger partial charge in [0.2, 0.25) is 5.91 Å². The fourth-order valence-electron chi connectivity index (χ4n) is 4.66. The molecule has 2 amide bonds. The molecule has 0 saturated carbocycles. The molecule has 2 aromatic carbocycles. The summed E-state index contributed by atoms with van der Waals surface area (Å²) in [4.78, 5) is 28.1. The highest BCUT2D eigenvalue weighted by Crippen LogP contribution is 2.45. The molecule has 1 aliphatic heterocycles. The van der Waals surface area contributed by atoms with Crippen LogP contribution in [0.15, 0.2) is 66.7 Å². The molecular weight excluding hydrogens is 528 g/mol. The Morgan fingerprint density at radius 2 is 1.79 bits per heavy atom. The van der Waals surface area contributed by atoms with Crippen LogP contribution < -0.4 is 10.2 Å². The van der Waals surface area contributed by atoms with Gasteiger partial charge in [-0.25, -0.2) is 13.9 Å². The summed E-state index contributed by atoms with van der Waals surface area (Å²) in [5, 5.41) is 19.9. The van der Waals surface area contributed by atoms with Crippen molar-refractivity contribution in [2.24, 2.45) is 0 Å². The highest BCUT2D eigenvalue weighted by molar-refractivity contribution is 7.92. The number of rotatable bonds is 8. The number of hydroxylamine groups is 1. The lowest BCUT2D eigenvalue weighted by Crippen LogP contribution is -2.41. The van der Waals surface area contributed by atoms with Crippen LogP contribution >= 0.6 is 11.3 Å². The molecule has 1 aliphatic rings. The van der Waals surface area contributed by atoms with Gasteiger partial charge in [0.05, 0.1) is 18.8 Å². The van der Waals surface area contributed by atoms with Crippen molar-refractivity contribution in [2.45, 2.75) is 30.6 Å². The van der Waals surface area contributed by atoms with Gasteiger partial charge in [0, 0.05) is 22.8 Å². The maximum Gasteiger partial charge on any atom is 0.256 e. The van der Waals surface area contributed by atoms with E-state index in [4.69, 9.17) is 4.74 Å². The summed E-state index contributed by atoms with van der Waals surface area (Å²) < 4.78 is 31.4. The van der Waals surface area contributed by atoms with Crippen molar-refractivity contribution in [1.29, 1.82) is 0 Å². The lowest BCUT2D eigenvalue weighted by atomic mass is 9.97. The van der Waals surface area contributed by atoms with Crippen LogP contribution in [-0.2, 0) is 24.2 Å². The second kappa shape index (κ2) is 11.6. The molecule has 3 aromatic rings. The number of aliphatic hydroxyl groups excluding tert-OH is 1. The lowest BCUT2D eigenvalue weighted by Gasteiger charge is -2.30. The fraction of sp³-hybridized carbons (Fsp3) is 0.333. The highest BCUT2D eigenvalue weighted by Gasteiger charge is 2.50. The smallest absolute Gasteiger partial charge is 0.256 e. The molecule has 1 saturated heterocycles. The molecule has 11 heteroatoms. The Bertz CT molecular complexity index is 1370. The van der Waals surface area contributed by atoms with Gasteiger partial charge in [-0.15, -0.1) is 11.3 Å². The Hall–Kier alpha value is -3.25. The molecule has 0 aliphatic carbocycles. The summed E-state index contributed by atoms with van der Waals surface area (Å²) >= 11 is 1.25. The number of sulfone groups is 1. The van der Waals surface area contributed by atoms with E-state index in [1.807, 2.05) is 31.2 Å². The number of benzene rings is 2. The van der Waals surface area contributed by atoms with E-state index in [1.54, 1.807) is 47.9 Å². The van der Waals surface area contributed by atoms with E-state index < -0.39 is 44.7 Å². The summed E-state index contributed by atoms with van der Waals surface area (Å²) in [7, 11) is -3.98. The van der Waals surface area contributed by atoms with Crippen LogP contribution in [0, 0.1) is 0 Å². The number of hydrogen-bond donors (Lipinski definition) is 3. The van der Waals surface area contributed by atoms with Gasteiger partial charge in [0.15, 0.2) is 15.9 Å². The second-order valence-electron chi connectivity index (χ2n) is 9.03. The predicted octanol–water partition coefficient (Wildman–Crippen LogP) is 3.29. The normalized spacial score (nSPS) is 19.8. The molecule has 2 atom stereocenters. The van der Waals surface area contributed by atoms with E-state index in [1.165, 1.54) is 16.2 Å². The van der Waals surface area contributed by atoms with E-state index in [2.05, 4.69) is 0 Å². The minimum atomic E-state index is -3.98. The van der Waals surface area contributed by atoms with Gasteiger partial charge in [-0.2, -0.15) is 0 Å². The average Bonchev–Trinajstić information content (AvgIpc) is 3.38. The van der Waals surface area contributed by atoms with E-state index in [-0.39, 0.29) is 19.5 Å². The number of nitrogens with zero attached hydrogens (tertiary/aromatic N) is 1. The van der Waals surface area contributed by atoms with Gasteiger partial charge in [-0.05, 0) is 60.9 Å².